The van der Waals surface area contributed by atoms with Crippen molar-refractivity contribution >= 4 is 5.91 Å². The van der Waals surface area contributed by atoms with Crippen LogP contribution in [0.5, 0.6) is 0 Å². The summed E-state index contributed by atoms with van der Waals surface area (Å²) in [5.41, 5.74) is 7.50. The number of rotatable bonds is 3. The van der Waals surface area contributed by atoms with Crippen LogP contribution < -0.4 is 5.73 Å². The maximum Gasteiger partial charge on any atom is 0.228 e. The Balaban J connectivity index is 1.75. The molecule has 0 spiro atoms. The van der Waals surface area contributed by atoms with E-state index in [1.165, 1.54) is 18.4 Å². The zero-order valence-electron chi connectivity index (χ0n) is 12.9. The fourth-order valence-electron chi connectivity index (χ4n) is 4.15. The van der Waals surface area contributed by atoms with Crippen molar-refractivity contribution < 1.29 is 4.79 Å². The Morgan fingerprint density at radius 1 is 1.24 bits per heavy atom. The lowest BCUT2D eigenvalue weighted by atomic mass is 9.82. The van der Waals surface area contributed by atoms with Crippen LogP contribution >= 0.6 is 0 Å². The summed E-state index contributed by atoms with van der Waals surface area (Å²) in [6.07, 6.45) is 5.48. The molecular formula is C18H26N2O. The number of nitrogens with two attached hydrogens (primary N) is 1. The van der Waals surface area contributed by atoms with Crippen molar-refractivity contribution in [1.29, 1.82) is 0 Å². The summed E-state index contributed by atoms with van der Waals surface area (Å²) < 4.78 is 0. The van der Waals surface area contributed by atoms with Gasteiger partial charge in [0.1, 0.15) is 0 Å². The van der Waals surface area contributed by atoms with E-state index in [2.05, 4.69) is 31.2 Å². The lowest BCUT2D eigenvalue weighted by Crippen LogP contribution is -2.42. The van der Waals surface area contributed by atoms with E-state index in [-0.39, 0.29) is 17.4 Å². The van der Waals surface area contributed by atoms with Crippen LogP contribution in [0.4, 0.5) is 0 Å². The van der Waals surface area contributed by atoms with Gasteiger partial charge in [0, 0.05) is 30.5 Å². The first-order valence-corrected chi connectivity index (χ1v) is 8.26. The van der Waals surface area contributed by atoms with Gasteiger partial charge in [-0.2, -0.15) is 0 Å². The van der Waals surface area contributed by atoms with E-state index in [0.29, 0.717) is 12.5 Å². The molecule has 1 aliphatic carbocycles. The predicted molar refractivity (Wildman–Crippen MR) is 84.9 cm³/mol. The molecule has 1 amide bonds. The van der Waals surface area contributed by atoms with Crippen LogP contribution in [0, 0.1) is 5.41 Å². The van der Waals surface area contributed by atoms with Gasteiger partial charge >= 0.3 is 0 Å². The molecule has 0 bridgehead atoms. The molecule has 3 rings (SSSR count). The summed E-state index contributed by atoms with van der Waals surface area (Å²) in [4.78, 5) is 15.0. The summed E-state index contributed by atoms with van der Waals surface area (Å²) in [5.74, 6) is 0.641. The number of nitrogens with zero attached hydrogens (tertiary/aromatic N) is 1. The maximum atomic E-state index is 13.0. The van der Waals surface area contributed by atoms with Crippen molar-refractivity contribution in [2.24, 2.45) is 11.1 Å². The van der Waals surface area contributed by atoms with Gasteiger partial charge in [-0.3, -0.25) is 4.79 Å². The van der Waals surface area contributed by atoms with Gasteiger partial charge in [-0.15, -0.1) is 0 Å². The predicted octanol–water partition coefficient (Wildman–Crippen LogP) is 2.91. The van der Waals surface area contributed by atoms with Crippen molar-refractivity contribution in [3.63, 3.8) is 0 Å². The number of carbonyl (C=O) groups excluding carboxylic acids is 1. The van der Waals surface area contributed by atoms with E-state index in [0.717, 1.165) is 25.8 Å². The highest BCUT2D eigenvalue weighted by Gasteiger charge is 2.45. The molecule has 2 aliphatic rings. The molecular weight excluding hydrogens is 260 g/mol. The quantitative estimate of drug-likeness (QED) is 0.928. The van der Waals surface area contributed by atoms with Crippen LogP contribution in [0.25, 0.3) is 0 Å². The molecule has 1 aliphatic heterocycles. The summed E-state index contributed by atoms with van der Waals surface area (Å²) in [6.45, 7) is 3.65. The molecule has 0 aromatic heterocycles. The maximum absolute atomic E-state index is 13.0. The molecule has 2 N–H and O–H groups in total. The highest BCUT2D eigenvalue weighted by atomic mass is 16.2. The third kappa shape index (κ3) is 2.59. The van der Waals surface area contributed by atoms with Crippen molar-refractivity contribution in [3.05, 3.63) is 35.9 Å². The van der Waals surface area contributed by atoms with Gasteiger partial charge in [-0.25, -0.2) is 0 Å². The lowest BCUT2D eigenvalue weighted by molar-refractivity contribution is -0.141. The minimum Gasteiger partial charge on any atom is -0.340 e. The Labute approximate surface area is 127 Å². The highest BCUT2D eigenvalue weighted by Crippen LogP contribution is 2.43. The number of carbonyl (C=O) groups is 1. The molecule has 1 saturated heterocycles. The van der Waals surface area contributed by atoms with Crippen molar-refractivity contribution in [3.8, 4) is 0 Å². The lowest BCUT2D eigenvalue weighted by Gasteiger charge is -2.31. The Hall–Kier alpha value is -1.35. The average molecular weight is 286 g/mol. The van der Waals surface area contributed by atoms with Crippen molar-refractivity contribution in [2.75, 3.05) is 13.1 Å². The molecule has 1 aromatic carbocycles. The summed E-state index contributed by atoms with van der Waals surface area (Å²) in [5, 5.41) is 0. The third-order valence-electron chi connectivity index (χ3n) is 5.57. The van der Waals surface area contributed by atoms with Crippen LogP contribution in [-0.4, -0.2) is 29.9 Å². The third-order valence-corrected chi connectivity index (χ3v) is 5.57. The Morgan fingerprint density at radius 2 is 1.90 bits per heavy atom. The Bertz CT molecular complexity index is 493. The SMILES string of the molecule is CCC1(C(=O)N2C[C@@H](N)[C@H](c3ccccc3)C2)CCCC1. The van der Waals surface area contributed by atoms with Crippen LogP contribution in [-0.2, 0) is 4.79 Å². The number of benzene rings is 1. The molecule has 2 atom stereocenters. The van der Waals surface area contributed by atoms with Gasteiger partial charge in [0.15, 0.2) is 0 Å². The summed E-state index contributed by atoms with van der Waals surface area (Å²) in [7, 11) is 0. The molecule has 0 unspecified atom stereocenters. The molecule has 1 saturated carbocycles. The van der Waals surface area contributed by atoms with Crippen LogP contribution in [0.15, 0.2) is 30.3 Å². The zero-order valence-corrected chi connectivity index (χ0v) is 12.9. The number of hydrogen-bond donors (Lipinski definition) is 1. The first kappa shape index (κ1) is 14.6. The molecule has 1 heterocycles. The highest BCUT2D eigenvalue weighted by molar-refractivity contribution is 5.83. The minimum atomic E-state index is -0.0920. The normalized spacial score (nSPS) is 28.0. The fraction of sp³-hybridized carbons (Fsp3) is 0.611. The van der Waals surface area contributed by atoms with E-state index in [1.54, 1.807) is 0 Å². The number of amides is 1. The monoisotopic (exact) mass is 286 g/mol. The summed E-state index contributed by atoms with van der Waals surface area (Å²) in [6, 6.07) is 10.4. The van der Waals surface area contributed by atoms with Crippen LogP contribution in [0.1, 0.15) is 50.5 Å². The van der Waals surface area contributed by atoms with E-state index >= 15 is 0 Å². The van der Waals surface area contributed by atoms with Crippen molar-refractivity contribution in [1.82, 2.24) is 4.90 Å². The van der Waals surface area contributed by atoms with Gasteiger partial charge in [0.05, 0.1) is 0 Å². The molecule has 3 nitrogen and oxygen atoms in total. The van der Waals surface area contributed by atoms with E-state index in [1.807, 2.05) is 11.0 Å². The number of hydrogen-bond acceptors (Lipinski definition) is 2. The van der Waals surface area contributed by atoms with E-state index in [4.69, 9.17) is 5.73 Å². The molecule has 0 radical (unpaired) electrons. The first-order valence-electron chi connectivity index (χ1n) is 8.26. The fourth-order valence-corrected chi connectivity index (χ4v) is 4.15. The van der Waals surface area contributed by atoms with Crippen molar-refractivity contribution in [2.45, 2.75) is 51.0 Å². The Kier molecular flexibility index (Phi) is 4.03. The van der Waals surface area contributed by atoms with Crippen LogP contribution in [0.2, 0.25) is 0 Å². The number of likely N-dealkylation sites (tertiary alicyclic amines) is 1. The second-order valence-corrected chi connectivity index (χ2v) is 6.73. The first-order chi connectivity index (χ1) is 10.2. The smallest absolute Gasteiger partial charge is 0.228 e. The molecule has 21 heavy (non-hydrogen) atoms. The van der Waals surface area contributed by atoms with Gasteiger partial charge in [-0.1, -0.05) is 50.1 Å². The molecule has 114 valence electrons. The summed E-state index contributed by atoms with van der Waals surface area (Å²) >= 11 is 0. The molecule has 2 fully saturated rings. The zero-order chi connectivity index (χ0) is 14.9. The van der Waals surface area contributed by atoms with Gasteiger partial charge in [-0.05, 0) is 24.8 Å². The van der Waals surface area contributed by atoms with E-state index in [9.17, 15) is 4.79 Å². The molecule has 1 aromatic rings. The largest absolute Gasteiger partial charge is 0.340 e. The van der Waals surface area contributed by atoms with Gasteiger partial charge in [0.2, 0.25) is 5.91 Å². The topological polar surface area (TPSA) is 46.3 Å². The van der Waals surface area contributed by atoms with Gasteiger partial charge in [0.25, 0.3) is 0 Å². The standard InChI is InChI=1S/C18H26N2O/c1-2-18(10-6-7-11-18)17(21)20-12-15(16(19)13-20)14-8-4-3-5-9-14/h3-5,8-9,15-16H,2,6-7,10-13,19H2,1H3/t15-,16+/m0/s1. The second kappa shape index (κ2) is 5.80. The second-order valence-electron chi connectivity index (χ2n) is 6.73. The Morgan fingerprint density at radius 3 is 2.52 bits per heavy atom. The minimum absolute atomic E-state index is 0.0617. The van der Waals surface area contributed by atoms with Gasteiger partial charge < -0.3 is 10.6 Å². The van der Waals surface area contributed by atoms with Crippen LogP contribution in [0.3, 0.4) is 0 Å². The molecule has 3 heteroatoms. The van der Waals surface area contributed by atoms with E-state index < -0.39 is 0 Å². The average Bonchev–Trinajstić information content (AvgIpc) is 3.15.